The monoisotopic (exact) mass is 1460 g/mol. The van der Waals surface area contributed by atoms with Crippen LogP contribution in [0.4, 0.5) is 0 Å². The zero-order chi connectivity index (χ0) is 76.1. The average molecular weight is 1460 g/mol. The van der Waals surface area contributed by atoms with Gasteiger partial charge < -0.3 is 64.8 Å². The van der Waals surface area contributed by atoms with Crippen molar-refractivity contribution in [2.75, 3.05) is 89.2 Å². The zero-order valence-corrected chi connectivity index (χ0v) is 65.9. The van der Waals surface area contributed by atoms with Crippen LogP contribution >= 0.6 is 11.6 Å². The maximum Gasteiger partial charge on any atom is 0.248 e. The van der Waals surface area contributed by atoms with Crippen molar-refractivity contribution in [3.8, 4) is 0 Å². The van der Waals surface area contributed by atoms with Gasteiger partial charge in [-0.1, -0.05) is 125 Å². The lowest BCUT2D eigenvalue weighted by Gasteiger charge is -2.54. The van der Waals surface area contributed by atoms with Gasteiger partial charge in [0.25, 0.3) is 0 Å². The Kier molecular flexibility index (Phi) is 30.3. The standard InChI is InChI=1S/C77H127ClN12O13/c1-17-26-57-67(94)80-65(49(6)18-2)73(100)84(12)45-64(93)86(14)58-29-22-21-25-38-89(72(58)99)61(40-51-32-30-48(5)31-33-51)71(98)83(11)44-62(91)79-56(37-35-50-34-36-52(19-3)55(78)39-50)69(96)90-43-54(103-20-4)41-59(90)68(95)81-77(46-76(7,8)47-77)75(102)88(16)66(53-27-23-24-28-53)74(101)87(15)60(70(97)82(9)10)42-63(92)85(57)13/h21-22,48-61,65-66H,17-20,23-47H2,1-16H3,(H,79,91)(H,80,94)(H,81,95)/b22-21-/t48?,49-,50?,51?,52?,54+,55?,56-,57-,58-,59-,60-,61-,65-,66-/m0/s1. The van der Waals surface area contributed by atoms with Gasteiger partial charge in [-0.05, 0) is 125 Å². The Morgan fingerprint density at radius 2 is 1.32 bits per heavy atom. The number of ether oxygens (including phenoxy) is 1. The van der Waals surface area contributed by atoms with Crippen LogP contribution in [0.2, 0.25) is 0 Å². The number of carbonyl (C=O) groups excluding carboxylic acids is 12. The van der Waals surface area contributed by atoms with Gasteiger partial charge in [0.1, 0.15) is 53.9 Å². The highest BCUT2D eigenvalue weighted by molar-refractivity contribution is 6.20. The van der Waals surface area contributed by atoms with E-state index < -0.39 is 162 Å². The summed E-state index contributed by atoms with van der Waals surface area (Å²) in [6.07, 6.45) is 15.2. The van der Waals surface area contributed by atoms with Gasteiger partial charge in [0.15, 0.2) is 0 Å². The highest BCUT2D eigenvalue weighted by atomic mass is 35.5. The Morgan fingerprint density at radius 1 is 0.670 bits per heavy atom. The second-order valence-electron chi connectivity index (χ2n) is 32.8. The first-order valence-electron chi connectivity index (χ1n) is 38.8. The number of nitrogens with zero attached hydrogens (tertiary/aromatic N) is 9. The van der Waals surface area contributed by atoms with Crippen LogP contribution in [0.5, 0.6) is 0 Å². The SMILES string of the molecule is CCC[C@H]1C(=O)N[C@@H]([C@@H](C)CC)C(=O)N(C)CC(=O)N(C)[C@H]2C/C=C\CCN(C2=O)[C@@H](CC2CCC(C)CC2)C(=O)N(C)CC(=O)N[C@@H](CCC2CCC(CC)C(Cl)C2)C(=O)N2C[C@H](OCC)C[C@H]2C(=O)NC2(CC(C)(C)C2)C(=O)N(C)[C@@H](C2CCCC2)C(=O)N(C)[C@H](C(=O)N(C)C)CC(=O)N1C. The van der Waals surface area contributed by atoms with Crippen molar-refractivity contribution in [1.29, 1.82) is 0 Å². The molecule has 13 atom stereocenters. The highest BCUT2D eigenvalue weighted by Crippen LogP contribution is 2.50. The van der Waals surface area contributed by atoms with Gasteiger partial charge in [-0.2, -0.15) is 0 Å². The van der Waals surface area contributed by atoms with E-state index in [-0.39, 0.29) is 81.4 Å². The number of hydrogen-bond donors (Lipinski definition) is 3. The molecule has 7 aliphatic rings. The van der Waals surface area contributed by atoms with Crippen molar-refractivity contribution in [2.45, 2.75) is 275 Å². The molecule has 25 nitrogen and oxygen atoms in total. The van der Waals surface area contributed by atoms with E-state index in [0.29, 0.717) is 56.8 Å². The molecule has 6 fully saturated rings. The lowest BCUT2D eigenvalue weighted by atomic mass is 9.58. The summed E-state index contributed by atoms with van der Waals surface area (Å²) >= 11 is 7.00. The molecule has 0 aromatic heterocycles. The predicted octanol–water partition coefficient (Wildman–Crippen LogP) is 6.37. The van der Waals surface area contributed by atoms with Gasteiger partial charge in [0, 0.05) is 87.9 Å². The lowest BCUT2D eigenvalue weighted by molar-refractivity contribution is -0.161. The predicted molar refractivity (Wildman–Crippen MR) is 394 cm³/mol. The van der Waals surface area contributed by atoms with Crippen LogP contribution in [0, 0.1) is 40.9 Å². The summed E-state index contributed by atoms with van der Waals surface area (Å²) in [6.45, 7) is 15.0. The Hall–Kier alpha value is -6.37. The summed E-state index contributed by atoms with van der Waals surface area (Å²) in [5, 5.41) is 9.07. The fraction of sp³-hybridized carbons (Fsp3) is 0.818. The molecule has 12 amide bonds. The van der Waals surface area contributed by atoms with E-state index in [9.17, 15) is 28.8 Å². The number of nitrogens with one attached hydrogen (secondary N) is 3. The van der Waals surface area contributed by atoms with Gasteiger partial charge in [-0.15, -0.1) is 11.6 Å². The van der Waals surface area contributed by atoms with Gasteiger partial charge in [0.2, 0.25) is 70.9 Å². The number of carbonyl (C=O) groups is 12. The minimum absolute atomic E-state index is 0.00855. The van der Waals surface area contributed by atoms with Crippen molar-refractivity contribution in [2.24, 2.45) is 40.9 Å². The van der Waals surface area contributed by atoms with Crippen LogP contribution in [0.25, 0.3) is 0 Å². The van der Waals surface area contributed by atoms with E-state index in [4.69, 9.17) is 16.3 Å². The van der Waals surface area contributed by atoms with Crippen LogP contribution in [-0.4, -0.2) is 270 Å². The molecule has 3 aliphatic heterocycles. The van der Waals surface area contributed by atoms with Crippen LogP contribution in [0.3, 0.4) is 0 Å². The number of fused-ring (bicyclic) bond motifs is 3. The van der Waals surface area contributed by atoms with E-state index in [2.05, 4.69) is 29.8 Å². The van der Waals surface area contributed by atoms with Gasteiger partial charge in [-0.25, -0.2) is 0 Å². The van der Waals surface area contributed by atoms with Gasteiger partial charge >= 0.3 is 0 Å². The molecular formula is C77H127ClN12O13. The van der Waals surface area contributed by atoms with Gasteiger partial charge in [-0.3, -0.25) is 57.5 Å². The fourth-order valence-corrected chi connectivity index (χ4v) is 18.3. The van der Waals surface area contributed by atoms with E-state index in [1.807, 2.05) is 46.8 Å². The smallest absolute Gasteiger partial charge is 0.248 e. The third-order valence-corrected chi connectivity index (χ3v) is 24.8. The van der Waals surface area contributed by atoms with Crippen molar-refractivity contribution < 1.29 is 62.3 Å². The molecule has 3 N–H and O–H groups in total. The summed E-state index contributed by atoms with van der Waals surface area (Å²) in [7, 11) is 11.9. The van der Waals surface area contributed by atoms with Crippen molar-refractivity contribution >= 4 is 82.5 Å². The summed E-state index contributed by atoms with van der Waals surface area (Å²) < 4.78 is 6.19. The number of rotatable bonds is 14. The van der Waals surface area contributed by atoms with Gasteiger partial charge in [0.05, 0.1) is 25.6 Å². The van der Waals surface area contributed by atoms with E-state index in [1.165, 1.54) is 88.5 Å². The minimum Gasteiger partial charge on any atom is -0.377 e. The summed E-state index contributed by atoms with van der Waals surface area (Å²) in [5.74, 6) is -6.76. The largest absolute Gasteiger partial charge is 0.377 e. The Bertz CT molecular complexity index is 3040. The second-order valence-corrected chi connectivity index (χ2v) is 33.3. The molecule has 580 valence electrons. The van der Waals surface area contributed by atoms with Crippen LogP contribution in [0.15, 0.2) is 12.2 Å². The van der Waals surface area contributed by atoms with Crippen LogP contribution < -0.4 is 16.0 Å². The molecule has 2 bridgehead atoms. The first-order chi connectivity index (χ1) is 48.6. The molecular weight excluding hydrogens is 1340 g/mol. The molecule has 3 heterocycles. The third kappa shape index (κ3) is 20.6. The third-order valence-electron chi connectivity index (χ3n) is 24.2. The van der Waals surface area contributed by atoms with Crippen molar-refractivity contribution in [3.05, 3.63) is 12.2 Å². The summed E-state index contributed by atoms with van der Waals surface area (Å²) in [5.41, 5.74) is -2.02. The van der Waals surface area contributed by atoms with E-state index in [0.717, 1.165) is 64.2 Å². The number of likely N-dealkylation sites (N-methyl/N-ethyl adjacent to an activating group) is 7. The maximum absolute atomic E-state index is 15.8. The highest BCUT2D eigenvalue weighted by Gasteiger charge is 2.59. The van der Waals surface area contributed by atoms with Crippen molar-refractivity contribution in [3.63, 3.8) is 0 Å². The molecule has 0 aromatic carbocycles. The first-order valence-corrected chi connectivity index (χ1v) is 39.3. The molecule has 4 aliphatic carbocycles. The molecule has 3 unspecified atom stereocenters. The van der Waals surface area contributed by atoms with E-state index >= 15 is 28.8 Å². The molecule has 2 saturated heterocycles. The Labute approximate surface area is 619 Å². The normalized spacial score (nSPS) is 32.3. The molecule has 26 heteroatoms. The minimum atomic E-state index is -1.56. The molecule has 1 spiro atoms. The summed E-state index contributed by atoms with van der Waals surface area (Å²) in [6, 6.07) is -9.41. The zero-order valence-electron chi connectivity index (χ0n) is 65.1. The van der Waals surface area contributed by atoms with Crippen LogP contribution in [-0.2, 0) is 62.3 Å². The fourth-order valence-electron chi connectivity index (χ4n) is 17.8. The second kappa shape index (κ2) is 37.2. The molecule has 0 aromatic rings. The average Bonchev–Trinajstić information content (AvgIpc) is 0.925. The molecule has 0 radical (unpaired) electrons. The Morgan fingerprint density at radius 3 is 1.92 bits per heavy atom. The van der Waals surface area contributed by atoms with Crippen molar-refractivity contribution in [1.82, 2.24) is 60.0 Å². The first kappa shape index (κ1) is 83.9. The maximum atomic E-state index is 15.8. The quantitative estimate of drug-likeness (QED) is 0.126. The van der Waals surface area contributed by atoms with Crippen LogP contribution in [0.1, 0.15) is 209 Å². The summed E-state index contributed by atoms with van der Waals surface area (Å²) in [4.78, 5) is 194. The topological polar surface area (TPSA) is 279 Å². The molecule has 7 rings (SSSR count). The van der Waals surface area contributed by atoms with E-state index in [1.54, 1.807) is 18.9 Å². The molecule has 103 heavy (non-hydrogen) atoms. The number of hydrogen-bond acceptors (Lipinski definition) is 13. The number of amides is 12. The Balaban J connectivity index is 1.32. The number of halogens is 1. The lowest BCUT2D eigenvalue weighted by Crippen LogP contribution is -2.71. The molecule has 4 saturated carbocycles. The number of alkyl halides is 1.